The lowest BCUT2D eigenvalue weighted by atomic mass is 9.96. The predicted octanol–water partition coefficient (Wildman–Crippen LogP) is 4.40. The molecule has 1 aliphatic heterocycles. The average Bonchev–Trinajstić information content (AvgIpc) is 2.63. The minimum absolute atomic E-state index is 0.145. The number of benzene rings is 1. The Kier molecular flexibility index (Phi) is 5.34. The summed E-state index contributed by atoms with van der Waals surface area (Å²) in [6.07, 6.45) is -2.05. The van der Waals surface area contributed by atoms with E-state index in [4.69, 9.17) is 0 Å². The van der Waals surface area contributed by atoms with Crippen LogP contribution in [0.1, 0.15) is 24.0 Å². The van der Waals surface area contributed by atoms with E-state index in [-0.39, 0.29) is 18.3 Å². The fraction of sp³-hybridized carbons (Fsp3) is 0.368. The predicted molar refractivity (Wildman–Crippen MR) is 93.9 cm³/mol. The zero-order chi connectivity index (χ0) is 19.6. The van der Waals surface area contributed by atoms with E-state index < -0.39 is 23.5 Å². The van der Waals surface area contributed by atoms with Crippen LogP contribution in [0.25, 0.3) is 0 Å². The van der Waals surface area contributed by atoms with Gasteiger partial charge in [-0.2, -0.15) is 13.2 Å². The summed E-state index contributed by atoms with van der Waals surface area (Å²) in [6.45, 7) is 2.22. The van der Waals surface area contributed by atoms with Gasteiger partial charge in [-0.25, -0.2) is 9.37 Å². The quantitative estimate of drug-likeness (QED) is 0.802. The topological polar surface area (TPSA) is 45.2 Å². The summed E-state index contributed by atoms with van der Waals surface area (Å²) in [4.78, 5) is 18.0. The van der Waals surface area contributed by atoms with Gasteiger partial charge in [-0.3, -0.25) is 4.79 Å². The van der Waals surface area contributed by atoms with Crippen molar-refractivity contribution in [1.29, 1.82) is 0 Å². The SMILES string of the molecule is Cc1cc(F)ccc1NC(=O)C1CCCN(c2ncccc2C(F)(F)F)C1. The second-order valence-electron chi connectivity index (χ2n) is 6.61. The van der Waals surface area contributed by atoms with Crippen LogP contribution >= 0.6 is 0 Å². The van der Waals surface area contributed by atoms with Crippen LogP contribution in [-0.4, -0.2) is 24.0 Å². The van der Waals surface area contributed by atoms with Crippen LogP contribution in [0, 0.1) is 18.7 Å². The molecule has 1 aromatic heterocycles. The molecule has 2 heterocycles. The van der Waals surface area contributed by atoms with Gasteiger partial charge < -0.3 is 10.2 Å². The van der Waals surface area contributed by atoms with Crippen LogP contribution in [0.5, 0.6) is 0 Å². The molecule has 0 aliphatic carbocycles. The third kappa shape index (κ3) is 4.37. The third-order valence-electron chi connectivity index (χ3n) is 4.63. The Balaban J connectivity index is 1.76. The van der Waals surface area contributed by atoms with Gasteiger partial charge in [0.05, 0.1) is 11.5 Å². The van der Waals surface area contributed by atoms with E-state index in [1.54, 1.807) is 6.92 Å². The summed E-state index contributed by atoms with van der Waals surface area (Å²) in [5.41, 5.74) is 0.271. The molecule has 0 radical (unpaired) electrons. The highest BCUT2D eigenvalue weighted by Gasteiger charge is 2.37. The maximum atomic E-state index is 13.2. The Morgan fingerprint density at radius 1 is 1.30 bits per heavy atom. The molecular formula is C19H19F4N3O. The third-order valence-corrected chi connectivity index (χ3v) is 4.63. The fourth-order valence-corrected chi connectivity index (χ4v) is 3.26. The number of amides is 1. The molecule has 8 heteroatoms. The molecule has 27 heavy (non-hydrogen) atoms. The van der Waals surface area contributed by atoms with E-state index in [1.807, 2.05) is 0 Å². The van der Waals surface area contributed by atoms with E-state index >= 15 is 0 Å². The van der Waals surface area contributed by atoms with E-state index in [0.717, 1.165) is 6.07 Å². The Labute approximate surface area is 154 Å². The highest BCUT2D eigenvalue weighted by atomic mass is 19.4. The first-order valence-electron chi connectivity index (χ1n) is 8.60. The maximum Gasteiger partial charge on any atom is 0.419 e. The van der Waals surface area contributed by atoms with Gasteiger partial charge in [-0.05, 0) is 55.7 Å². The number of hydrogen-bond donors (Lipinski definition) is 1. The number of hydrogen-bond acceptors (Lipinski definition) is 3. The molecule has 3 rings (SSSR count). The molecule has 4 nitrogen and oxygen atoms in total. The number of halogens is 4. The summed E-state index contributed by atoms with van der Waals surface area (Å²) >= 11 is 0. The van der Waals surface area contributed by atoms with Crippen molar-refractivity contribution in [2.75, 3.05) is 23.3 Å². The molecule has 1 N–H and O–H groups in total. The number of piperidine rings is 1. The minimum atomic E-state index is -4.51. The van der Waals surface area contributed by atoms with E-state index in [2.05, 4.69) is 10.3 Å². The smallest absolute Gasteiger partial charge is 0.355 e. The number of alkyl halides is 3. The molecule has 1 atom stereocenters. The lowest BCUT2D eigenvalue weighted by Crippen LogP contribution is -2.42. The van der Waals surface area contributed by atoms with Crippen molar-refractivity contribution in [2.24, 2.45) is 5.92 Å². The monoisotopic (exact) mass is 381 g/mol. The standard InChI is InChI=1S/C19H19F4N3O/c1-12-10-14(20)6-7-16(12)25-18(27)13-4-3-9-26(11-13)17-15(19(21,22)23)5-2-8-24-17/h2,5-8,10,13H,3-4,9,11H2,1H3,(H,25,27). The summed E-state index contributed by atoms with van der Waals surface area (Å²) in [7, 11) is 0. The molecule has 1 saturated heterocycles. The van der Waals surface area contributed by atoms with Crippen molar-refractivity contribution < 1.29 is 22.4 Å². The van der Waals surface area contributed by atoms with Crippen molar-refractivity contribution in [2.45, 2.75) is 25.9 Å². The molecule has 144 valence electrons. The number of rotatable bonds is 3. The summed E-state index contributed by atoms with van der Waals surface area (Å²) in [5.74, 6) is -1.32. The molecule has 1 fully saturated rings. The van der Waals surface area contributed by atoms with Crippen molar-refractivity contribution in [1.82, 2.24) is 4.98 Å². The van der Waals surface area contributed by atoms with Gasteiger partial charge in [-0.15, -0.1) is 0 Å². The number of pyridine rings is 1. The zero-order valence-electron chi connectivity index (χ0n) is 14.7. The van der Waals surface area contributed by atoms with Gasteiger partial charge in [0, 0.05) is 25.0 Å². The van der Waals surface area contributed by atoms with Crippen molar-refractivity contribution in [3.63, 3.8) is 0 Å². The van der Waals surface area contributed by atoms with Crippen LogP contribution in [0.4, 0.5) is 29.1 Å². The van der Waals surface area contributed by atoms with E-state index in [9.17, 15) is 22.4 Å². The number of nitrogens with one attached hydrogen (secondary N) is 1. The molecule has 1 aliphatic rings. The number of aryl methyl sites for hydroxylation is 1. The summed E-state index contributed by atoms with van der Waals surface area (Å²) < 4.78 is 52.9. The number of nitrogens with zero attached hydrogens (tertiary/aromatic N) is 2. The van der Waals surface area contributed by atoms with Gasteiger partial charge in [0.15, 0.2) is 0 Å². The largest absolute Gasteiger partial charge is 0.419 e. The number of aromatic nitrogens is 1. The van der Waals surface area contributed by atoms with Crippen LogP contribution in [0.3, 0.4) is 0 Å². The van der Waals surface area contributed by atoms with Crippen LogP contribution in [0.2, 0.25) is 0 Å². The number of anilines is 2. The van der Waals surface area contributed by atoms with Crippen molar-refractivity contribution in [3.8, 4) is 0 Å². The molecule has 1 amide bonds. The number of carbonyl (C=O) groups is 1. The highest BCUT2D eigenvalue weighted by Crippen LogP contribution is 2.36. The Morgan fingerprint density at radius 3 is 2.78 bits per heavy atom. The van der Waals surface area contributed by atoms with Gasteiger partial charge in [0.1, 0.15) is 11.6 Å². The Hall–Kier alpha value is -2.64. The Morgan fingerprint density at radius 2 is 2.07 bits per heavy atom. The zero-order valence-corrected chi connectivity index (χ0v) is 14.7. The van der Waals surface area contributed by atoms with Gasteiger partial charge in [0.2, 0.25) is 5.91 Å². The first-order valence-corrected chi connectivity index (χ1v) is 8.60. The van der Waals surface area contributed by atoms with Crippen LogP contribution in [-0.2, 0) is 11.0 Å². The molecular weight excluding hydrogens is 362 g/mol. The highest BCUT2D eigenvalue weighted by molar-refractivity contribution is 5.93. The number of carbonyl (C=O) groups excluding carboxylic acids is 1. The first-order chi connectivity index (χ1) is 12.8. The molecule has 0 saturated carbocycles. The molecule has 0 spiro atoms. The Bertz CT molecular complexity index is 838. The molecule has 1 aromatic carbocycles. The molecule has 1 unspecified atom stereocenters. The van der Waals surface area contributed by atoms with E-state index in [1.165, 1.54) is 35.4 Å². The van der Waals surface area contributed by atoms with Crippen LogP contribution in [0.15, 0.2) is 36.5 Å². The molecule has 0 bridgehead atoms. The second kappa shape index (κ2) is 7.54. The lowest BCUT2D eigenvalue weighted by Gasteiger charge is -2.34. The summed E-state index contributed by atoms with van der Waals surface area (Å²) in [6, 6.07) is 6.28. The summed E-state index contributed by atoms with van der Waals surface area (Å²) in [5, 5.41) is 2.75. The lowest BCUT2D eigenvalue weighted by molar-refractivity contribution is -0.137. The van der Waals surface area contributed by atoms with Crippen molar-refractivity contribution in [3.05, 3.63) is 53.5 Å². The van der Waals surface area contributed by atoms with Gasteiger partial charge >= 0.3 is 6.18 Å². The molecule has 2 aromatic rings. The van der Waals surface area contributed by atoms with Gasteiger partial charge in [-0.1, -0.05) is 0 Å². The normalized spacial score (nSPS) is 17.7. The minimum Gasteiger partial charge on any atom is -0.355 e. The van der Waals surface area contributed by atoms with Crippen molar-refractivity contribution >= 4 is 17.4 Å². The maximum absolute atomic E-state index is 13.2. The van der Waals surface area contributed by atoms with Gasteiger partial charge in [0.25, 0.3) is 0 Å². The fourth-order valence-electron chi connectivity index (χ4n) is 3.26. The average molecular weight is 381 g/mol. The van der Waals surface area contributed by atoms with E-state index in [0.29, 0.717) is 30.6 Å². The van der Waals surface area contributed by atoms with Crippen LogP contribution < -0.4 is 10.2 Å². The second-order valence-corrected chi connectivity index (χ2v) is 6.61. The first kappa shape index (κ1) is 19.1.